The van der Waals surface area contributed by atoms with Gasteiger partial charge in [0.15, 0.2) is 0 Å². The zero-order chi connectivity index (χ0) is 14.1. The normalized spacial score (nSPS) is 13.3. The van der Waals surface area contributed by atoms with E-state index >= 15 is 0 Å². The molecule has 2 N–H and O–H groups in total. The first kappa shape index (κ1) is 14.6. The average molecular weight is 263 g/mol. The molecule has 1 aromatic rings. The Hall–Kier alpha value is -1.43. The van der Waals surface area contributed by atoms with Crippen LogP contribution in [0.4, 0.5) is 13.2 Å². The molecule has 1 atom stereocenters. The van der Waals surface area contributed by atoms with E-state index < -0.39 is 12.2 Å². The van der Waals surface area contributed by atoms with Crippen molar-refractivity contribution in [3.05, 3.63) is 22.8 Å². The molecular weight excluding hydrogens is 247 g/mol. The van der Waals surface area contributed by atoms with E-state index in [2.05, 4.69) is 0 Å². The van der Waals surface area contributed by atoms with E-state index in [0.717, 1.165) is 5.56 Å². The summed E-state index contributed by atoms with van der Waals surface area (Å²) in [5, 5.41) is 0. The fourth-order valence-electron chi connectivity index (χ4n) is 1.78. The van der Waals surface area contributed by atoms with E-state index in [0.29, 0.717) is 11.3 Å². The van der Waals surface area contributed by atoms with E-state index in [1.807, 2.05) is 0 Å². The van der Waals surface area contributed by atoms with Crippen molar-refractivity contribution >= 4 is 0 Å². The van der Waals surface area contributed by atoms with Gasteiger partial charge in [0.25, 0.3) is 0 Å². The lowest BCUT2D eigenvalue weighted by molar-refractivity contribution is -0.149. The highest BCUT2D eigenvalue weighted by Gasteiger charge is 2.40. The smallest absolute Gasteiger partial charge is 0.407 e. The standard InChI is InChI=1S/C12H16F3NO2/c1-6-7(2)10(18-4)8(5-9(6)17-3)11(16)12(13,14)15/h5,11H,16H2,1-4H3. The van der Waals surface area contributed by atoms with Crippen molar-refractivity contribution in [2.45, 2.75) is 26.1 Å². The van der Waals surface area contributed by atoms with Gasteiger partial charge in [-0.2, -0.15) is 13.2 Å². The Kier molecular flexibility index (Phi) is 4.11. The first-order valence-corrected chi connectivity index (χ1v) is 5.28. The Bertz CT molecular complexity index is 444. The van der Waals surface area contributed by atoms with Crippen molar-refractivity contribution in [1.82, 2.24) is 0 Å². The minimum atomic E-state index is -4.53. The average Bonchev–Trinajstić information content (AvgIpc) is 2.30. The van der Waals surface area contributed by atoms with Gasteiger partial charge in [-0.25, -0.2) is 0 Å². The summed E-state index contributed by atoms with van der Waals surface area (Å²) in [6.07, 6.45) is -4.53. The number of ether oxygens (including phenoxy) is 2. The Balaban J connectivity index is 3.47. The summed E-state index contributed by atoms with van der Waals surface area (Å²) in [6, 6.07) is -0.820. The van der Waals surface area contributed by atoms with Crippen LogP contribution in [-0.4, -0.2) is 20.4 Å². The van der Waals surface area contributed by atoms with E-state index in [-0.39, 0.29) is 11.3 Å². The third-order valence-corrected chi connectivity index (χ3v) is 2.93. The number of hydrogen-bond donors (Lipinski definition) is 1. The van der Waals surface area contributed by atoms with Crippen molar-refractivity contribution in [2.24, 2.45) is 5.73 Å². The summed E-state index contributed by atoms with van der Waals surface area (Å²) < 4.78 is 48.2. The van der Waals surface area contributed by atoms with Gasteiger partial charge in [0.1, 0.15) is 17.5 Å². The molecule has 1 unspecified atom stereocenters. The third-order valence-electron chi connectivity index (χ3n) is 2.93. The fraction of sp³-hybridized carbons (Fsp3) is 0.500. The Labute approximate surface area is 104 Å². The van der Waals surface area contributed by atoms with Crippen LogP contribution in [0.5, 0.6) is 11.5 Å². The molecule has 1 aromatic carbocycles. The van der Waals surface area contributed by atoms with Crippen LogP contribution in [0, 0.1) is 13.8 Å². The zero-order valence-electron chi connectivity index (χ0n) is 10.7. The van der Waals surface area contributed by atoms with Gasteiger partial charge in [-0.3, -0.25) is 0 Å². The molecule has 18 heavy (non-hydrogen) atoms. The van der Waals surface area contributed by atoms with Crippen LogP contribution < -0.4 is 15.2 Å². The molecule has 0 amide bonds. The Morgan fingerprint density at radius 1 is 1.11 bits per heavy atom. The monoisotopic (exact) mass is 263 g/mol. The van der Waals surface area contributed by atoms with E-state index in [1.165, 1.54) is 20.3 Å². The highest BCUT2D eigenvalue weighted by molar-refractivity contribution is 5.53. The number of rotatable bonds is 3. The van der Waals surface area contributed by atoms with Crippen molar-refractivity contribution in [1.29, 1.82) is 0 Å². The summed E-state index contributed by atoms with van der Waals surface area (Å²) in [5.74, 6) is 0.515. The number of nitrogens with two attached hydrogens (primary N) is 1. The SMILES string of the molecule is COc1cc(C(N)C(F)(F)F)c(OC)c(C)c1C. The second-order valence-corrected chi connectivity index (χ2v) is 3.97. The van der Waals surface area contributed by atoms with Crippen molar-refractivity contribution in [3.8, 4) is 11.5 Å². The Morgan fingerprint density at radius 3 is 2.06 bits per heavy atom. The second kappa shape index (κ2) is 5.06. The number of hydrogen-bond acceptors (Lipinski definition) is 3. The molecule has 0 heterocycles. The van der Waals surface area contributed by atoms with Crippen molar-refractivity contribution in [2.75, 3.05) is 14.2 Å². The lowest BCUT2D eigenvalue weighted by Gasteiger charge is -2.22. The van der Waals surface area contributed by atoms with Gasteiger partial charge in [0.05, 0.1) is 14.2 Å². The molecule has 0 saturated carbocycles. The summed E-state index contributed by atoms with van der Waals surface area (Å²) >= 11 is 0. The molecule has 0 aliphatic heterocycles. The van der Waals surface area contributed by atoms with Gasteiger partial charge >= 0.3 is 6.18 Å². The minimum absolute atomic E-state index is 0.120. The van der Waals surface area contributed by atoms with Crippen LogP contribution in [0.25, 0.3) is 0 Å². The summed E-state index contributed by atoms with van der Waals surface area (Å²) in [7, 11) is 2.72. The van der Waals surface area contributed by atoms with Gasteiger partial charge in [-0.15, -0.1) is 0 Å². The zero-order valence-corrected chi connectivity index (χ0v) is 10.7. The maximum atomic E-state index is 12.7. The molecule has 0 saturated heterocycles. The van der Waals surface area contributed by atoms with Crippen LogP contribution in [-0.2, 0) is 0 Å². The van der Waals surface area contributed by atoms with Gasteiger partial charge in [0, 0.05) is 5.56 Å². The molecule has 0 aliphatic rings. The van der Waals surface area contributed by atoms with Crippen molar-refractivity contribution < 1.29 is 22.6 Å². The molecule has 3 nitrogen and oxygen atoms in total. The van der Waals surface area contributed by atoms with Crippen LogP contribution >= 0.6 is 0 Å². The highest BCUT2D eigenvalue weighted by Crippen LogP contribution is 2.41. The van der Waals surface area contributed by atoms with E-state index in [4.69, 9.17) is 15.2 Å². The summed E-state index contributed by atoms with van der Waals surface area (Å²) in [6.45, 7) is 3.42. The predicted molar refractivity (Wildman–Crippen MR) is 62.0 cm³/mol. The lowest BCUT2D eigenvalue weighted by Crippen LogP contribution is -2.29. The van der Waals surface area contributed by atoms with Gasteiger partial charge in [-0.1, -0.05) is 0 Å². The number of halogens is 3. The van der Waals surface area contributed by atoms with Crippen LogP contribution in [0.3, 0.4) is 0 Å². The largest absolute Gasteiger partial charge is 0.496 e. The quantitative estimate of drug-likeness (QED) is 0.912. The van der Waals surface area contributed by atoms with Crippen LogP contribution in [0.2, 0.25) is 0 Å². The number of benzene rings is 1. The molecule has 0 fully saturated rings. The summed E-state index contributed by atoms with van der Waals surface area (Å²) in [4.78, 5) is 0. The highest BCUT2D eigenvalue weighted by atomic mass is 19.4. The lowest BCUT2D eigenvalue weighted by atomic mass is 9.98. The maximum Gasteiger partial charge on any atom is 0.407 e. The number of methoxy groups -OCH3 is 2. The van der Waals surface area contributed by atoms with Gasteiger partial charge in [0.2, 0.25) is 0 Å². The topological polar surface area (TPSA) is 44.5 Å². The first-order chi connectivity index (χ1) is 8.23. The van der Waals surface area contributed by atoms with Crippen LogP contribution in [0.15, 0.2) is 6.07 Å². The molecule has 0 aromatic heterocycles. The fourth-order valence-corrected chi connectivity index (χ4v) is 1.78. The molecular formula is C12H16F3NO2. The minimum Gasteiger partial charge on any atom is -0.496 e. The third kappa shape index (κ3) is 2.53. The van der Waals surface area contributed by atoms with Crippen molar-refractivity contribution in [3.63, 3.8) is 0 Å². The molecule has 102 valence electrons. The Morgan fingerprint density at radius 2 is 1.67 bits per heavy atom. The predicted octanol–water partition coefficient (Wildman–Crippen LogP) is 2.88. The number of alkyl halides is 3. The van der Waals surface area contributed by atoms with Crippen LogP contribution in [0.1, 0.15) is 22.7 Å². The van der Waals surface area contributed by atoms with Gasteiger partial charge < -0.3 is 15.2 Å². The van der Waals surface area contributed by atoms with E-state index in [9.17, 15) is 13.2 Å². The van der Waals surface area contributed by atoms with E-state index in [1.54, 1.807) is 13.8 Å². The maximum absolute atomic E-state index is 12.7. The molecule has 0 aliphatic carbocycles. The first-order valence-electron chi connectivity index (χ1n) is 5.28. The molecule has 1 rings (SSSR count). The second-order valence-electron chi connectivity index (χ2n) is 3.97. The molecule has 6 heteroatoms. The molecule has 0 radical (unpaired) electrons. The molecule has 0 bridgehead atoms. The summed E-state index contributed by atoms with van der Waals surface area (Å²) in [5.41, 5.74) is 6.43. The molecule has 0 spiro atoms. The van der Waals surface area contributed by atoms with Gasteiger partial charge in [-0.05, 0) is 31.0 Å².